The molecule has 2 aliphatic rings. The van der Waals surface area contributed by atoms with Gasteiger partial charge >= 0.3 is 6.18 Å². The highest BCUT2D eigenvalue weighted by Gasteiger charge is 2.47. The van der Waals surface area contributed by atoms with E-state index in [4.69, 9.17) is 0 Å². The van der Waals surface area contributed by atoms with Crippen molar-refractivity contribution in [1.82, 2.24) is 10.2 Å². The van der Waals surface area contributed by atoms with Crippen LogP contribution in [0.25, 0.3) is 0 Å². The summed E-state index contributed by atoms with van der Waals surface area (Å²) in [5.41, 5.74) is 1.14. The van der Waals surface area contributed by atoms with Gasteiger partial charge < -0.3 is 10.2 Å². The van der Waals surface area contributed by atoms with E-state index in [1.807, 2.05) is 19.1 Å². The molecule has 2 aliphatic heterocycles. The van der Waals surface area contributed by atoms with E-state index in [1.165, 1.54) is 0 Å². The number of alkyl halides is 3. The van der Waals surface area contributed by atoms with Gasteiger partial charge in [0.15, 0.2) is 0 Å². The van der Waals surface area contributed by atoms with Crippen LogP contribution in [0.4, 0.5) is 18.9 Å². The van der Waals surface area contributed by atoms with E-state index in [1.54, 1.807) is 24.1 Å². The largest absolute Gasteiger partial charge is 0.408 e. The number of rotatable bonds is 4. The van der Waals surface area contributed by atoms with Crippen molar-refractivity contribution in [2.75, 3.05) is 31.6 Å². The van der Waals surface area contributed by atoms with Gasteiger partial charge in [-0.1, -0.05) is 18.2 Å². The first-order valence-corrected chi connectivity index (χ1v) is 9.24. The summed E-state index contributed by atoms with van der Waals surface area (Å²) >= 11 is 0. The minimum atomic E-state index is -4.29. The number of halogens is 3. The molecule has 140 valence electrons. The van der Waals surface area contributed by atoms with Crippen molar-refractivity contribution in [3.63, 3.8) is 0 Å². The highest BCUT2D eigenvalue weighted by molar-refractivity contribution is 5.56. The number of nitrogens with one attached hydrogen (secondary N) is 1. The Balaban J connectivity index is 1.94. The third-order valence-electron chi connectivity index (χ3n) is 5.57. The average Bonchev–Trinajstić information content (AvgIpc) is 3.08. The second-order valence-corrected chi connectivity index (χ2v) is 7.40. The summed E-state index contributed by atoms with van der Waals surface area (Å²) in [5, 5.41) is 3.32. The van der Waals surface area contributed by atoms with Gasteiger partial charge in [0.2, 0.25) is 0 Å². The van der Waals surface area contributed by atoms with Crippen molar-refractivity contribution in [2.24, 2.45) is 0 Å². The van der Waals surface area contributed by atoms with Gasteiger partial charge in [-0.25, -0.2) is 0 Å². The Kier molecular flexibility index (Phi) is 5.58. The molecule has 0 aromatic heterocycles. The van der Waals surface area contributed by atoms with E-state index in [0.717, 1.165) is 51.0 Å². The first-order valence-electron chi connectivity index (χ1n) is 9.24. The fourth-order valence-electron chi connectivity index (χ4n) is 4.28. The maximum atomic E-state index is 14.1. The van der Waals surface area contributed by atoms with Crippen molar-refractivity contribution in [2.45, 2.75) is 56.9 Å². The summed E-state index contributed by atoms with van der Waals surface area (Å²) in [4.78, 5) is 3.67. The molecule has 0 bridgehead atoms. The van der Waals surface area contributed by atoms with Gasteiger partial charge in [-0.15, -0.1) is 0 Å². The number of nitrogens with zero attached hydrogens (tertiary/aromatic N) is 2. The summed E-state index contributed by atoms with van der Waals surface area (Å²) in [6, 6.07) is 5.72. The Bertz CT molecular complexity index is 569. The van der Waals surface area contributed by atoms with Crippen LogP contribution in [0, 0.1) is 0 Å². The quantitative estimate of drug-likeness (QED) is 0.882. The Morgan fingerprint density at radius 3 is 2.52 bits per heavy atom. The summed E-state index contributed by atoms with van der Waals surface area (Å²) in [7, 11) is 1.64. The lowest BCUT2D eigenvalue weighted by Crippen LogP contribution is -2.49. The van der Waals surface area contributed by atoms with Gasteiger partial charge in [-0.3, -0.25) is 4.90 Å². The fraction of sp³-hybridized carbons (Fsp3) is 0.684. The standard InChI is InChI=1S/C19H28F3N3/c1-14-13-15(9-10-23-14)24(2)18(19(20,21)22)16-7-3-4-8-17(16)25-11-5-6-12-25/h3-4,7-8,14-15,18,23H,5-6,9-13H2,1-2H3. The van der Waals surface area contributed by atoms with Gasteiger partial charge in [0.25, 0.3) is 0 Å². The molecule has 2 heterocycles. The number of hydrogen-bond donors (Lipinski definition) is 1. The predicted octanol–water partition coefficient (Wildman–Crippen LogP) is 3.96. The molecule has 1 aromatic carbocycles. The molecule has 3 nitrogen and oxygen atoms in total. The number of anilines is 1. The summed E-state index contributed by atoms with van der Waals surface area (Å²) in [5.74, 6) is 0. The van der Waals surface area contributed by atoms with Crippen LogP contribution in [0.5, 0.6) is 0 Å². The van der Waals surface area contributed by atoms with Crippen molar-refractivity contribution in [3.05, 3.63) is 29.8 Å². The van der Waals surface area contributed by atoms with E-state index < -0.39 is 12.2 Å². The molecule has 0 radical (unpaired) electrons. The third-order valence-corrected chi connectivity index (χ3v) is 5.57. The molecule has 2 fully saturated rings. The van der Waals surface area contributed by atoms with E-state index in [2.05, 4.69) is 10.2 Å². The molecule has 3 unspecified atom stereocenters. The molecule has 0 spiro atoms. The minimum Gasteiger partial charge on any atom is -0.371 e. The summed E-state index contributed by atoms with van der Waals surface area (Å²) in [6.45, 7) is 4.50. The normalized spacial score (nSPS) is 26.2. The first kappa shape index (κ1) is 18.5. The lowest BCUT2D eigenvalue weighted by molar-refractivity contribution is -0.189. The summed E-state index contributed by atoms with van der Waals surface area (Å²) < 4.78 is 42.3. The number of para-hydroxylation sites is 1. The van der Waals surface area contributed by atoms with Crippen LogP contribution >= 0.6 is 0 Å². The van der Waals surface area contributed by atoms with Gasteiger partial charge in [-0.2, -0.15) is 13.2 Å². The van der Waals surface area contributed by atoms with Crippen LogP contribution in [0.3, 0.4) is 0 Å². The van der Waals surface area contributed by atoms with Crippen LogP contribution in [0.2, 0.25) is 0 Å². The maximum absolute atomic E-state index is 14.1. The van der Waals surface area contributed by atoms with Crippen molar-refractivity contribution in [1.29, 1.82) is 0 Å². The van der Waals surface area contributed by atoms with Crippen molar-refractivity contribution in [3.8, 4) is 0 Å². The maximum Gasteiger partial charge on any atom is 0.408 e. The Labute approximate surface area is 148 Å². The molecule has 1 N–H and O–H groups in total. The van der Waals surface area contributed by atoms with Crippen molar-refractivity contribution < 1.29 is 13.2 Å². The summed E-state index contributed by atoms with van der Waals surface area (Å²) in [6.07, 6.45) is -0.702. The van der Waals surface area contributed by atoms with Crippen LogP contribution in [0.15, 0.2) is 24.3 Å². The zero-order chi connectivity index (χ0) is 18.0. The van der Waals surface area contributed by atoms with E-state index in [0.29, 0.717) is 5.56 Å². The monoisotopic (exact) mass is 355 g/mol. The molecule has 1 aromatic rings. The zero-order valence-corrected chi connectivity index (χ0v) is 15.0. The van der Waals surface area contributed by atoms with E-state index >= 15 is 0 Å². The van der Waals surface area contributed by atoms with Gasteiger partial charge in [0.05, 0.1) is 0 Å². The predicted molar refractivity (Wildman–Crippen MR) is 94.9 cm³/mol. The second-order valence-electron chi connectivity index (χ2n) is 7.40. The molecule has 2 saturated heterocycles. The Hall–Kier alpha value is -1.27. The van der Waals surface area contributed by atoms with Gasteiger partial charge in [0, 0.05) is 36.4 Å². The molecular formula is C19H28F3N3. The van der Waals surface area contributed by atoms with E-state index in [-0.39, 0.29) is 12.1 Å². The smallest absolute Gasteiger partial charge is 0.371 e. The van der Waals surface area contributed by atoms with Gasteiger partial charge in [-0.05, 0) is 52.3 Å². The highest BCUT2D eigenvalue weighted by atomic mass is 19.4. The van der Waals surface area contributed by atoms with Crippen LogP contribution in [-0.2, 0) is 0 Å². The molecule has 0 saturated carbocycles. The molecule has 6 heteroatoms. The minimum absolute atomic E-state index is 0.0606. The van der Waals surface area contributed by atoms with E-state index in [9.17, 15) is 13.2 Å². The number of benzene rings is 1. The van der Waals surface area contributed by atoms with Crippen LogP contribution in [-0.4, -0.2) is 49.8 Å². The van der Waals surface area contributed by atoms with Crippen molar-refractivity contribution >= 4 is 5.69 Å². The van der Waals surface area contributed by atoms with Crippen LogP contribution < -0.4 is 10.2 Å². The molecule has 0 aliphatic carbocycles. The second kappa shape index (κ2) is 7.54. The fourth-order valence-corrected chi connectivity index (χ4v) is 4.28. The highest BCUT2D eigenvalue weighted by Crippen LogP contribution is 2.43. The molecule has 25 heavy (non-hydrogen) atoms. The topological polar surface area (TPSA) is 18.5 Å². The lowest BCUT2D eigenvalue weighted by Gasteiger charge is -2.41. The molecule has 3 atom stereocenters. The Morgan fingerprint density at radius 2 is 1.88 bits per heavy atom. The zero-order valence-electron chi connectivity index (χ0n) is 15.0. The van der Waals surface area contributed by atoms with Crippen LogP contribution in [0.1, 0.15) is 44.2 Å². The third kappa shape index (κ3) is 4.11. The Morgan fingerprint density at radius 1 is 1.20 bits per heavy atom. The lowest BCUT2D eigenvalue weighted by atomic mass is 9.94. The first-order chi connectivity index (χ1) is 11.9. The number of hydrogen-bond acceptors (Lipinski definition) is 3. The molecule has 3 rings (SSSR count). The molecule has 0 amide bonds. The number of piperidine rings is 1. The average molecular weight is 355 g/mol. The van der Waals surface area contributed by atoms with Gasteiger partial charge in [0.1, 0.15) is 6.04 Å². The molecular weight excluding hydrogens is 327 g/mol. The SMILES string of the molecule is CC1CC(N(C)C(c2ccccc2N2CCCC2)C(F)(F)F)CCN1.